The Labute approximate surface area is 172 Å². The third-order valence-electron chi connectivity index (χ3n) is 5.60. The molecule has 0 saturated heterocycles. The fraction of sp³-hybridized carbons (Fsp3) is 0.200. The van der Waals surface area contributed by atoms with Gasteiger partial charge in [-0.25, -0.2) is 13.2 Å². The zero-order valence-corrected chi connectivity index (χ0v) is 16.7. The summed E-state index contributed by atoms with van der Waals surface area (Å²) in [6.07, 6.45) is 3.31. The number of aryl methyl sites for hydroxylation is 1. The van der Waals surface area contributed by atoms with Gasteiger partial charge in [0, 0.05) is 16.7 Å². The second-order valence-electron chi connectivity index (χ2n) is 7.28. The fourth-order valence-corrected chi connectivity index (χ4v) is 3.90. The number of halogens is 4. The van der Waals surface area contributed by atoms with E-state index >= 15 is 4.39 Å². The molecular weight excluding hydrogens is 392 g/mol. The number of rotatable bonds is 4. The SMILES string of the molecule is CCc1ccc(C2=Cc3ccc(-c4ccc(OC)c(F)c4F)c(F)c3CC2)c(F)c1. The molecule has 1 nitrogen and oxygen atoms in total. The summed E-state index contributed by atoms with van der Waals surface area (Å²) >= 11 is 0. The lowest BCUT2D eigenvalue weighted by molar-refractivity contribution is 0.372. The van der Waals surface area contributed by atoms with E-state index in [0.29, 0.717) is 29.5 Å². The number of fused-ring (bicyclic) bond motifs is 1. The van der Waals surface area contributed by atoms with Crippen LogP contribution < -0.4 is 4.74 Å². The Bertz CT molecular complexity index is 1160. The Kier molecular flexibility index (Phi) is 5.37. The fourth-order valence-electron chi connectivity index (χ4n) is 3.90. The first-order chi connectivity index (χ1) is 14.4. The normalized spacial score (nSPS) is 13.1. The molecule has 3 aromatic rings. The number of methoxy groups -OCH3 is 1. The van der Waals surface area contributed by atoms with Crippen LogP contribution >= 0.6 is 0 Å². The highest BCUT2D eigenvalue weighted by molar-refractivity contribution is 5.86. The first-order valence-electron chi connectivity index (χ1n) is 9.77. The minimum absolute atomic E-state index is 0.0110. The van der Waals surface area contributed by atoms with Crippen molar-refractivity contribution < 1.29 is 22.3 Å². The van der Waals surface area contributed by atoms with Gasteiger partial charge in [-0.05, 0) is 59.7 Å². The summed E-state index contributed by atoms with van der Waals surface area (Å²) in [5, 5.41) is 0. The second-order valence-corrected chi connectivity index (χ2v) is 7.28. The highest BCUT2D eigenvalue weighted by Crippen LogP contribution is 2.38. The molecule has 0 radical (unpaired) electrons. The van der Waals surface area contributed by atoms with Gasteiger partial charge in [-0.2, -0.15) is 4.39 Å². The van der Waals surface area contributed by atoms with E-state index in [1.54, 1.807) is 18.2 Å². The van der Waals surface area contributed by atoms with E-state index in [9.17, 15) is 13.2 Å². The maximum absolute atomic E-state index is 15.2. The third-order valence-corrected chi connectivity index (χ3v) is 5.60. The molecular formula is C25H20F4O. The number of hydrogen-bond donors (Lipinski definition) is 0. The van der Waals surface area contributed by atoms with E-state index in [1.165, 1.54) is 31.4 Å². The number of ether oxygens (including phenoxy) is 1. The predicted octanol–water partition coefficient (Wildman–Crippen LogP) is 6.97. The van der Waals surface area contributed by atoms with Gasteiger partial charge >= 0.3 is 0 Å². The average molecular weight is 412 g/mol. The van der Waals surface area contributed by atoms with Crippen molar-refractivity contribution in [2.75, 3.05) is 7.11 Å². The molecule has 0 heterocycles. The molecule has 30 heavy (non-hydrogen) atoms. The standard InChI is InChI=1S/C25H20F4O/c1-3-14-4-7-17(21(26)12-14)15-5-8-18-16(13-15)6-9-19(23(18)27)20-10-11-22(30-2)25(29)24(20)28/h4,6-7,9-13H,3,5,8H2,1-2H3. The van der Waals surface area contributed by atoms with Crippen molar-refractivity contribution in [1.29, 1.82) is 0 Å². The van der Waals surface area contributed by atoms with Crippen LogP contribution in [0.25, 0.3) is 22.8 Å². The molecule has 0 aromatic heterocycles. The van der Waals surface area contributed by atoms with Crippen LogP contribution in [-0.4, -0.2) is 7.11 Å². The van der Waals surface area contributed by atoms with Gasteiger partial charge in [0.15, 0.2) is 11.6 Å². The molecule has 1 aliphatic carbocycles. The van der Waals surface area contributed by atoms with Crippen LogP contribution in [0.2, 0.25) is 0 Å². The summed E-state index contributed by atoms with van der Waals surface area (Å²) in [6.45, 7) is 1.96. The van der Waals surface area contributed by atoms with Gasteiger partial charge in [-0.3, -0.25) is 0 Å². The van der Waals surface area contributed by atoms with Crippen LogP contribution in [0.5, 0.6) is 5.75 Å². The maximum Gasteiger partial charge on any atom is 0.201 e. The Morgan fingerprint density at radius 2 is 1.50 bits per heavy atom. The molecule has 0 spiro atoms. The largest absolute Gasteiger partial charge is 0.494 e. The summed E-state index contributed by atoms with van der Waals surface area (Å²) in [5.41, 5.74) is 3.07. The van der Waals surface area contributed by atoms with Crippen molar-refractivity contribution >= 4 is 11.6 Å². The van der Waals surface area contributed by atoms with Crippen LogP contribution in [0.15, 0.2) is 42.5 Å². The van der Waals surface area contributed by atoms with Crippen LogP contribution in [0.1, 0.15) is 35.6 Å². The lowest BCUT2D eigenvalue weighted by Gasteiger charge is -2.20. The smallest absolute Gasteiger partial charge is 0.201 e. The molecule has 0 bridgehead atoms. The van der Waals surface area contributed by atoms with Crippen LogP contribution in [0.3, 0.4) is 0 Å². The quantitative estimate of drug-likeness (QED) is 0.421. The van der Waals surface area contributed by atoms with Gasteiger partial charge in [0.05, 0.1) is 7.11 Å². The molecule has 3 aromatic carbocycles. The van der Waals surface area contributed by atoms with E-state index in [0.717, 1.165) is 17.6 Å². The van der Waals surface area contributed by atoms with E-state index in [-0.39, 0.29) is 22.7 Å². The summed E-state index contributed by atoms with van der Waals surface area (Å²) in [5.74, 6) is -3.43. The molecule has 0 fully saturated rings. The summed E-state index contributed by atoms with van der Waals surface area (Å²) in [7, 11) is 1.24. The molecule has 0 N–H and O–H groups in total. The van der Waals surface area contributed by atoms with Gasteiger partial charge in [-0.1, -0.05) is 37.3 Å². The minimum atomic E-state index is -1.15. The van der Waals surface area contributed by atoms with Crippen molar-refractivity contribution in [2.24, 2.45) is 0 Å². The Hall–Kier alpha value is -3.08. The zero-order chi connectivity index (χ0) is 21.4. The van der Waals surface area contributed by atoms with E-state index in [1.807, 2.05) is 13.0 Å². The van der Waals surface area contributed by atoms with Crippen molar-refractivity contribution in [3.05, 3.63) is 88.0 Å². The number of hydrogen-bond acceptors (Lipinski definition) is 1. The molecule has 0 amide bonds. The van der Waals surface area contributed by atoms with Gasteiger partial charge in [-0.15, -0.1) is 0 Å². The zero-order valence-electron chi connectivity index (χ0n) is 16.7. The molecule has 0 aliphatic heterocycles. The highest BCUT2D eigenvalue weighted by atomic mass is 19.2. The Morgan fingerprint density at radius 1 is 0.800 bits per heavy atom. The second kappa shape index (κ2) is 7.98. The van der Waals surface area contributed by atoms with Gasteiger partial charge in [0.25, 0.3) is 0 Å². The summed E-state index contributed by atoms with van der Waals surface area (Å²) in [6, 6.07) is 10.8. The Morgan fingerprint density at radius 3 is 2.20 bits per heavy atom. The molecule has 0 atom stereocenters. The van der Waals surface area contributed by atoms with Gasteiger partial charge in [0.2, 0.25) is 5.82 Å². The van der Waals surface area contributed by atoms with Crippen molar-refractivity contribution in [3.8, 4) is 16.9 Å². The molecule has 0 saturated carbocycles. The van der Waals surface area contributed by atoms with Crippen molar-refractivity contribution in [1.82, 2.24) is 0 Å². The molecule has 4 rings (SSSR count). The number of benzene rings is 3. The minimum Gasteiger partial charge on any atom is -0.494 e. The summed E-state index contributed by atoms with van der Waals surface area (Å²) in [4.78, 5) is 0. The first-order valence-corrected chi connectivity index (χ1v) is 9.77. The lowest BCUT2D eigenvalue weighted by atomic mass is 9.86. The third kappa shape index (κ3) is 3.38. The Balaban J connectivity index is 1.76. The first kappa shape index (κ1) is 20.2. The van der Waals surface area contributed by atoms with Crippen molar-refractivity contribution in [3.63, 3.8) is 0 Å². The van der Waals surface area contributed by atoms with E-state index in [2.05, 4.69) is 0 Å². The highest BCUT2D eigenvalue weighted by Gasteiger charge is 2.23. The van der Waals surface area contributed by atoms with Crippen LogP contribution in [-0.2, 0) is 12.8 Å². The van der Waals surface area contributed by atoms with Crippen LogP contribution in [0, 0.1) is 23.3 Å². The van der Waals surface area contributed by atoms with Crippen molar-refractivity contribution in [2.45, 2.75) is 26.2 Å². The van der Waals surface area contributed by atoms with E-state index < -0.39 is 17.5 Å². The van der Waals surface area contributed by atoms with Gasteiger partial charge in [0.1, 0.15) is 11.6 Å². The number of allylic oxidation sites excluding steroid dienone is 1. The van der Waals surface area contributed by atoms with Gasteiger partial charge < -0.3 is 4.74 Å². The summed E-state index contributed by atoms with van der Waals surface area (Å²) < 4.78 is 63.0. The predicted molar refractivity (Wildman–Crippen MR) is 110 cm³/mol. The average Bonchev–Trinajstić information content (AvgIpc) is 2.76. The topological polar surface area (TPSA) is 9.23 Å². The maximum atomic E-state index is 15.2. The molecule has 5 heteroatoms. The van der Waals surface area contributed by atoms with Crippen LogP contribution in [0.4, 0.5) is 17.6 Å². The molecule has 1 aliphatic rings. The van der Waals surface area contributed by atoms with E-state index in [4.69, 9.17) is 4.74 Å². The monoisotopic (exact) mass is 412 g/mol. The molecule has 0 unspecified atom stereocenters. The molecule has 154 valence electrons. The lowest BCUT2D eigenvalue weighted by Crippen LogP contribution is -2.05.